The van der Waals surface area contributed by atoms with Gasteiger partial charge in [0.15, 0.2) is 0 Å². The molecule has 0 bridgehead atoms. The Balaban J connectivity index is 4.49. The van der Waals surface area contributed by atoms with Gasteiger partial charge in [-0.2, -0.15) is 4.79 Å². The Morgan fingerprint density at radius 1 is 1.35 bits per heavy atom. The van der Waals surface area contributed by atoms with E-state index in [2.05, 4.69) is 20.8 Å². The predicted octanol–water partition coefficient (Wildman–Crippen LogP) is 0.255. The number of nitrogens with zero attached hydrogens (tertiary/aromatic N) is 2. The van der Waals surface area contributed by atoms with Crippen molar-refractivity contribution in [3.63, 3.8) is 0 Å². The summed E-state index contributed by atoms with van der Waals surface area (Å²) in [5, 5.41) is 0. The minimum absolute atomic E-state index is 0.0870. The van der Waals surface area contributed by atoms with E-state index >= 15 is 0 Å². The van der Waals surface area contributed by atoms with Gasteiger partial charge in [0.25, 0.3) is 0 Å². The van der Waals surface area contributed by atoms with Crippen molar-refractivity contribution < 1.29 is 28.6 Å². The lowest BCUT2D eigenvalue weighted by molar-refractivity contribution is -0.177. The second kappa shape index (κ2) is 7.08. The van der Waals surface area contributed by atoms with Crippen molar-refractivity contribution in [1.29, 1.82) is 0 Å². The molecule has 1 atom stereocenters. The van der Waals surface area contributed by atoms with E-state index in [9.17, 15) is 14.4 Å². The van der Waals surface area contributed by atoms with Gasteiger partial charge in [-0.15, -0.1) is 0 Å². The molecule has 0 aliphatic rings. The van der Waals surface area contributed by atoms with E-state index in [4.69, 9.17) is 5.53 Å². The fourth-order valence-electron chi connectivity index (χ4n) is 0.720. The summed E-state index contributed by atoms with van der Waals surface area (Å²) in [6, 6.07) is 0. The minimum atomic E-state index is -1.49. The molecular formula is C10H12N2O5. The minimum Gasteiger partial charge on any atom is -0.414 e. The number of carbonyl (C=O) groups excluding carboxylic acids is 3. The lowest BCUT2D eigenvalue weighted by Crippen LogP contribution is -2.27. The van der Waals surface area contributed by atoms with Gasteiger partial charge in [-0.05, 0) is 13.8 Å². The Morgan fingerprint density at radius 2 is 1.94 bits per heavy atom. The Labute approximate surface area is 97.6 Å². The Kier molecular flexibility index (Phi) is 6.13. The summed E-state index contributed by atoms with van der Waals surface area (Å²) in [5.41, 5.74) is 8.37. The summed E-state index contributed by atoms with van der Waals surface area (Å²) in [6.45, 7) is 5.92. The zero-order chi connectivity index (χ0) is 13.4. The van der Waals surface area contributed by atoms with Crippen LogP contribution < -0.4 is 0 Å². The van der Waals surface area contributed by atoms with Crippen LogP contribution in [0.2, 0.25) is 0 Å². The molecule has 0 aromatic rings. The topological polar surface area (TPSA) is 106 Å². The zero-order valence-electron chi connectivity index (χ0n) is 9.50. The standard InChI is InChI=1S/C10H12N2O5/c1-6(2)10(15)17-9(5-12-11)16-8(14)4-7(3)13/h5,9H,1,4H2,2-3H3. The molecule has 1 unspecified atom stereocenters. The average molecular weight is 240 g/mol. The molecule has 0 aliphatic carbocycles. The van der Waals surface area contributed by atoms with Gasteiger partial charge in [0.05, 0.1) is 0 Å². The molecule has 0 fully saturated rings. The molecule has 0 saturated carbocycles. The van der Waals surface area contributed by atoms with Crippen LogP contribution in [0.15, 0.2) is 12.2 Å². The molecule has 7 heteroatoms. The first kappa shape index (κ1) is 14.7. The maximum Gasteiger partial charge on any atom is 0.341 e. The predicted molar refractivity (Wildman–Crippen MR) is 55.8 cm³/mol. The quantitative estimate of drug-likeness (QED) is 0.126. The van der Waals surface area contributed by atoms with Crippen molar-refractivity contribution >= 4 is 23.9 Å². The summed E-state index contributed by atoms with van der Waals surface area (Å²) in [4.78, 5) is 35.4. The van der Waals surface area contributed by atoms with Gasteiger partial charge in [-0.25, -0.2) is 4.79 Å². The van der Waals surface area contributed by atoms with Crippen LogP contribution >= 0.6 is 0 Å². The summed E-state index contributed by atoms with van der Waals surface area (Å²) >= 11 is 0. The fraction of sp³-hybridized carbons (Fsp3) is 0.400. The van der Waals surface area contributed by atoms with Crippen LogP contribution in [0.5, 0.6) is 0 Å². The molecular weight excluding hydrogens is 228 g/mol. The summed E-state index contributed by atoms with van der Waals surface area (Å²) < 4.78 is 9.17. The van der Waals surface area contributed by atoms with Crippen LogP contribution in [-0.2, 0) is 23.9 Å². The molecule has 0 amide bonds. The van der Waals surface area contributed by atoms with Gasteiger partial charge in [0.2, 0.25) is 0 Å². The third-order valence-corrected chi connectivity index (χ3v) is 1.40. The molecule has 0 saturated heterocycles. The van der Waals surface area contributed by atoms with Crippen molar-refractivity contribution in [2.75, 3.05) is 0 Å². The molecule has 0 aromatic carbocycles. The third-order valence-electron chi connectivity index (χ3n) is 1.40. The highest BCUT2D eigenvalue weighted by Gasteiger charge is 2.21. The number of rotatable bonds is 6. The van der Waals surface area contributed by atoms with E-state index < -0.39 is 30.4 Å². The molecule has 0 spiro atoms. The molecule has 0 heterocycles. The van der Waals surface area contributed by atoms with Gasteiger partial charge in [0.1, 0.15) is 12.2 Å². The summed E-state index contributed by atoms with van der Waals surface area (Å²) in [7, 11) is 0. The maximum atomic E-state index is 11.1. The number of ether oxygens (including phenoxy) is 2. The molecule has 0 aromatic heterocycles. The van der Waals surface area contributed by atoms with Crippen molar-refractivity contribution in [2.24, 2.45) is 0 Å². The molecule has 0 radical (unpaired) electrons. The van der Waals surface area contributed by atoms with E-state index in [1.807, 2.05) is 0 Å². The van der Waals surface area contributed by atoms with Crippen LogP contribution in [-0.4, -0.2) is 35.0 Å². The van der Waals surface area contributed by atoms with E-state index in [1.165, 1.54) is 13.8 Å². The number of Topliss-reactive ketones (excluding diaryl/α,β-unsaturated/α-hetero) is 1. The van der Waals surface area contributed by atoms with Crippen LogP contribution in [0.4, 0.5) is 0 Å². The van der Waals surface area contributed by atoms with Crippen LogP contribution in [0, 0.1) is 0 Å². The molecule has 17 heavy (non-hydrogen) atoms. The maximum absolute atomic E-state index is 11.1. The highest BCUT2D eigenvalue weighted by atomic mass is 16.7. The lowest BCUT2D eigenvalue weighted by Gasteiger charge is -2.10. The zero-order valence-corrected chi connectivity index (χ0v) is 9.50. The third kappa shape index (κ3) is 6.75. The first-order valence-electron chi connectivity index (χ1n) is 4.59. The van der Waals surface area contributed by atoms with Crippen molar-refractivity contribution in [3.8, 4) is 0 Å². The molecule has 92 valence electrons. The Bertz CT molecular complexity index is 396. The summed E-state index contributed by atoms with van der Waals surface area (Å²) in [6.07, 6.45) is -1.25. The second-order valence-electron chi connectivity index (χ2n) is 3.19. The SMILES string of the molecule is C=C(C)C(=O)OC(C=[N+]=[N-])OC(=O)CC(C)=O. The molecule has 0 N–H and O–H groups in total. The van der Waals surface area contributed by atoms with Crippen molar-refractivity contribution in [1.82, 2.24) is 0 Å². The number of carbonyl (C=O) groups is 3. The highest BCUT2D eigenvalue weighted by molar-refractivity contribution is 5.94. The van der Waals surface area contributed by atoms with E-state index in [-0.39, 0.29) is 5.57 Å². The lowest BCUT2D eigenvalue weighted by atomic mass is 10.3. The van der Waals surface area contributed by atoms with Gasteiger partial charge in [-0.3, -0.25) is 9.59 Å². The number of ketones is 1. The van der Waals surface area contributed by atoms with Crippen LogP contribution in [0.1, 0.15) is 20.3 Å². The van der Waals surface area contributed by atoms with Gasteiger partial charge >= 0.3 is 24.4 Å². The second-order valence-corrected chi connectivity index (χ2v) is 3.19. The normalized spacial score (nSPS) is 10.7. The smallest absolute Gasteiger partial charge is 0.341 e. The monoisotopic (exact) mass is 240 g/mol. The van der Waals surface area contributed by atoms with Gasteiger partial charge in [-0.1, -0.05) is 6.58 Å². The first-order valence-corrected chi connectivity index (χ1v) is 4.59. The van der Waals surface area contributed by atoms with Gasteiger partial charge < -0.3 is 15.0 Å². The largest absolute Gasteiger partial charge is 0.414 e. The van der Waals surface area contributed by atoms with E-state index in [1.54, 1.807) is 0 Å². The Hall–Kier alpha value is -2.27. The molecule has 0 rings (SSSR count). The first-order chi connectivity index (χ1) is 7.86. The van der Waals surface area contributed by atoms with E-state index in [0.717, 1.165) is 0 Å². The number of esters is 2. The summed E-state index contributed by atoms with van der Waals surface area (Å²) in [5.74, 6) is -2.11. The van der Waals surface area contributed by atoms with Crippen LogP contribution in [0.3, 0.4) is 0 Å². The van der Waals surface area contributed by atoms with Gasteiger partial charge in [0, 0.05) is 5.57 Å². The molecule has 7 nitrogen and oxygen atoms in total. The fourth-order valence-corrected chi connectivity index (χ4v) is 0.720. The van der Waals surface area contributed by atoms with Crippen LogP contribution in [0.25, 0.3) is 5.53 Å². The molecule has 0 aliphatic heterocycles. The highest BCUT2D eigenvalue weighted by Crippen LogP contribution is 2.00. The Morgan fingerprint density at radius 3 is 2.35 bits per heavy atom. The number of hydrogen-bond acceptors (Lipinski definition) is 5. The van der Waals surface area contributed by atoms with E-state index in [0.29, 0.717) is 6.21 Å². The van der Waals surface area contributed by atoms with Crippen molar-refractivity contribution in [3.05, 3.63) is 17.7 Å². The average Bonchev–Trinajstić information content (AvgIpc) is 2.15. The van der Waals surface area contributed by atoms with Crippen molar-refractivity contribution in [2.45, 2.75) is 26.6 Å². The number of hydrogen-bond donors (Lipinski definition) is 0.